The molecule has 0 saturated heterocycles. The van der Waals surface area contributed by atoms with E-state index in [1.165, 1.54) is 12.1 Å². The fraction of sp³-hybridized carbons (Fsp3) is 0.125. The van der Waals surface area contributed by atoms with Crippen molar-refractivity contribution in [3.63, 3.8) is 0 Å². The number of phenolic OH excluding ortho intramolecular Hbond substituents is 1. The maximum atomic E-state index is 12.2. The van der Waals surface area contributed by atoms with Gasteiger partial charge in [-0.2, -0.15) is 0 Å². The molecule has 0 spiro atoms. The molecule has 0 aliphatic rings. The number of benzene rings is 2. The molecule has 0 aliphatic carbocycles. The summed E-state index contributed by atoms with van der Waals surface area (Å²) in [6, 6.07) is 3.41. The Morgan fingerprint density at radius 1 is 1.24 bits per heavy atom. The van der Waals surface area contributed by atoms with E-state index in [0.717, 1.165) is 6.07 Å². The van der Waals surface area contributed by atoms with Gasteiger partial charge >= 0.3 is 0 Å². The number of aliphatic hydroxyl groups is 1. The number of nitrogens with two attached hydrogens (primary N) is 1. The molecule has 3 aromatic rings. The lowest BCUT2D eigenvalue weighted by molar-refractivity contribution is 0.0956. The summed E-state index contributed by atoms with van der Waals surface area (Å²) in [4.78, 5) is 43.3. The summed E-state index contributed by atoms with van der Waals surface area (Å²) in [5.41, 5.74) is 4.26. The third-order valence-electron chi connectivity index (χ3n) is 3.70. The van der Waals surface area contributed by atoms with Gasteiger partial charge in [-0.05, 0) is 12.1 Å². The minimum Gasteiger partial charge on any atom is -0.515 e. The van der Waals surface area contributed by atoms with Gasteiger partial charge in [-0.15, -0.1) is 0 Å². The van der Waals surface area contributed by atoms with Gasteiger partial charge in [0.25, 0.3) is 5.91 Å². The lowest BCUT2D eigenvalue weighted by Crippen LogP contribution is -2.29. The average Bonchev–Trinajstić information content (AvgIpc) is 2.59. The molecule has 0 saturated carbocycles. The SMILES string of the molecule is NCCNC(=O)c1ccc(=O)c2nc3c(=CO)c(O)cc(=O)c3[nH]c12. The Balaban J connectivity index is 2.44. The summed E-state index contributed by atoms with van der Waals surface area (Å²) in [7, 11) is 0. The van der Waals surface area contributed by atoms with Crippen LogP contribution < -0.4 is 27.1 Å². The highest BCUT2D eigenvalue weighted by Crippen LogP contribution is 2.15. The van der Waals surface area contributed by atoms with Crippen LogP contribution in [-0.2, 0) is 0 Å². The topological polar surface area (TPSA) is 158 Å². The number of carbonyl (C=O) groups excluding carboxylic acids is 1. The Morgan fingerprint density at radius 2 is 2.00 bits per heavy atom. The lowest BCUT2D eigenvalue weighted by atomic mass is 10.1. The maximum absolute atomic E-state index is 12.2. The predicted octanol–water partition coefficient (Wildman–Crippen LogP) is -1.15. The van der Waals surface area contributed by atoms with E-state index in [0.29, 0.717) is 6.26 Å². The van der Waals surface area contributed by atoms with Crippen LogP contribution in [0, 0.1) is 0 Å². The number of fused-ring (bicyclic) bond motifs is 2. The zero-order valence-corrected chi connectivity index (χ0v) is 12.9. The lowest BCUT2D eigenvalue weighted by Gasteiger charge is -2.08. The van der Waals surface area contributed by atoms with Crippen molar-refractivity contribution in [2.75, 3.05) is 13.1 Å². The molecule has 25 heavy (non-hydrogen) atoms. The Kier molecular flexibility index (Phi) is 4.07. The third kappa shape index (κ3) is 2.66. The number of aromatic hydroxyl groups is 1. The minimum atomic E-state index is -0.600. The fourth-order valence-corrected chi connectivity index (χ4v) is 2.53. The van der Waals surface area contributed by atoms with Crippen molar-refractivity contribution in [2.45, 2.75) is 0 Å². The number of H-pyrrole nitrogens is 1. The molecule has 0 fully saturated rings. The third-order valence-corrected chi connectivity index (χ3v) is 3.70. The van der Waals surface area contributed by atoms with Crippen LogP contribution in [-0.4, -0.2) is 39.2 Å². The van der Waals surface area contributed by atoms with E-state index >= 15 is 0 Å². The monoisotopic (exact) mass is 342 g/mol. The molecule has 2 aromatic carbocycles. The van der Waals surface area contributed by atoms with Gasteiger partial charge in [-0.25, -0.2) is 4.98 Å². The number of aromatic amines is 1. The highest BCUT2D eigenvalue weighted by atomic mass is 16.3. The number of aromatic nitrogens is 2. The molecule has 1 aromatic heterocycles. The number of rotatable bonds is 3. The van der Waals surface area contributed by atoms with Crippen LogP contribution in [0.15, 0.2) is 27.8 Å². The highest BCUT2D eigenvalue weighted by Gasteiger charge is 2.16. The van der Waals surface area contributed by atoms with Crippen molar-refractivity contribution in [3.05, 3.63) is 49.4 Å². The Labute approximate surface area is 139 Å². The Morgan fingerprint density at radius 3 is 2.68 bits per heavy atom. The van der Waals surface area contributed by atoms with Crippen molar-refractivity contribution < 1.29 is 15.0 Å². The van der Waals surface area contributed by atoms with Crippen LogP contribution in [0.4, 0.5) is 0 Å². The summed E-state index contributed by atoms with van der Waals surface area (Å²) in [6.07, 6.45) is 0.589. The summed E-state index contributed by atoms with van der Waals surface area (Å²) >= 11 is 0. The van der Waals surface area contributed by atoms with Crippen LogP contribution >= 0.6 is 0 Å². The van der Waals surface area contributed by atoms with Gasteiger partial charge in [0, 0.05) is 19.2 Å². The van der Waals surface area contributed by atoms with Gasteiger partial charge < -0.3 is 26.2 Å². The van der Waals surface area contributed by atoms with Gasteiger partial charge in [0.15, 0.2) is 0 Å². The number of nitrogens with one attached hydrogen (secondary N) is 2. The van der Waals surface area contributed by atoms with Crippen molar-refractivity contribution in [1.29, 1.82) is 0 Å². The largest absolute Gasteiger partial charge is 0.515 e. The first-order valence-electron chi connectivity index (χ1n) is 7.33. The molecule has 0 aliphatic heterocycles. The van der Waals surface area contributed by atoms with E-state index in [2.05, 4.69) is 15.3 Å². The number of amides is 1. The van der Waals surface area contributed by atoms with Gasteiger partial charge in [0.1, 0.15) is 22.3 Å². The van der Waals surface area contributed by atoms with Crippen LogP contribution in [0.25, 0.3) is 28.3 Å². The van der Waals surface area contributed by atoms with Crippen LogP contribution in [0.1, 0.15) is 10.4 Å². The Bertz CT molecular complexity index is 1170. The Hall–Kier alpha value is -3.46. The quantitative estimate of drug-likeness (QED) is 0.376. The summed E-state index contributed by atoms with van der Waals surface area (Å²) in [5.74, 6) is -0.947. The molecule has 1 amide bonds. The molecule has 0 unspecified atom stereocenters. The zero-order valence-electron chi connectivity index (χ0n) is 12.9. The average molecular weight is 342 g/mol. The van der Waals surface area contributed by atoms with Crippen LogP contribution in [0.5, 0.6) is 5.75 Å². The predicted molar refractivity (Wildman–Crippen MR) is 91.5 cm³/mol. The second kappa shape index (κ2) is 6.21. The van der Waals surface area contributed by atoms with E-state index in [1.807, 2.05) is 0 Å². The minimum absolute atomic E-state index is 0.0518. The summed E-state index contributed by atoms with van der Waals surface area (Å²) < 4.78 is 0. The first-order chi connectivity index (χ1) is 12.0. The molecule has 0 radical (unpaired) electrons. The maximum Gasteiger partial charge on any atom is 0.253 e. The van der Waals surface area contributed by atoms with Gasteiger partial charge in [0.2, 0.25) is 10.9 Å². The molecular formula is C16H14N4O5. The van der Waals surface area contributed by atoms with E-state index in [1.54, 1.807) is 0 Å². The van der Waals surface area contributed by atoms with E-state index < -0.39 is 22.5 Å². The molecule has 0 atom stereocenters. The molecule has 9 heteroatoms. The first kappa shape index (κ1) is 16.4. The smallest absolute Gasteiger partial charge is 0.253 e. The van der Waals surface area contributed by atoms with Gasteiger partial charge in [0.05, 0.1) is 22.6 Å². The first-order valence-corrected chi connectivity index (χ1v) is 7.33. The van der Waals surface area contributed by atoms with Crippen molar-refractivity contribution in [1.82, 2.24) is 15.3 Å². The molecular weight excluding hydrogens is 328 g/mol. The molecule has 9 nitrogen and oxygen atoms in total. The van der Waals surface area contributed by atoms with Crippen molar-refractivity contribution in [2.24, 2.45) is 5.73 Å². The number of aliphatic hydroxyl groups excluding tert-OH is 1. The van der Waals surface area contributed by atoms with Gasteiger partial charge in [-0.3, -0.25) is 14.4 Å². The van der Waals surface area contributed by atoms with E-state index in [4.69, 9.17) is 5.73 Å². The molecule has 6 N–H and O–H groups in total. The van der Waals surface area contributed by atoms with Crippen molar-refractivity contribution in [3.8, 4) is 5.75 Å². The molecule has 128 valence electrons. The zero-order chi connectivity index (χ0) is 18.1. The fourth-order valence-electron chi connectivity index (χ4n) is 2.53. The van der Waals surface area contributed by atoms with E-state index in [-0.39, 0.29) is 45.9 Å². The standard InChI is InChI=1S/C16H14N4O5/c17-3-4-18-16(25)7-1-2-9(22)14-12(7)19-15-11(24)5-10(23)8(6-21)13(15)20-14/h1-2,5-6,19,21,23H,3-4,17H2,(H,18,25). The van der Waals surface area contributed by atoms with E-state index in [9.17, 15) is 24.6 Å². The number of nitrogens with zero attached hydrogens (tertiary/aromatic N) is 1. The summed E-state index contributed by atoms with van der Waals surface area (Å²) in [5, 5.41) is 21.5. The number of hydrogen-bond donors (Lipinski definition) is 5. The summed E-state index contributed by atoms with van der Waals surface area (Å²) in [6.45, 7) is 0.485. The number of carbonyl (C=O) groups is 1. The molecule has 3 rings (SSSR count). The van der Waals surface area contributed by atoms with Crippen molar-refractivity contribution >= 4 is 34.2 Å². The van der Waals surface area contributed by atoms with Crippen LogP contribution in [0.3, 0.4) is 0 Å². The van der Waals surface area contributed by atoms with Gasteiger partial charge in [-0.1, -0.05) is 0 Å². The number of phenols is 1. The van der Waals surface area contributed by atoms with Crippen LogP contribution in [0.2, 0.25) is 0 Å². The molecule has 0 bridgehead atoms. The second-order valence-electron chi connectivity index (χ2n) is 5.28. The second-order valence-corrected chi connectivity index (χ2v) is 5.28. The normalized spacial score (nSPS) is 12.0. The molecule has 1 heterocycles. The number of hydrogen-bond acceptors (Lipinski definition) is 7. The highest BCUT2D eigenvalue weighted by molar-refractivity contribution is 6.06.